The van der Waals surface area contributed by atoms with Gasteiger partial charge in [0.2, 0.25) is 0 Å². The number of aryl methyl sites for hydroxylation is 1. The Labute approximate surface area is 220 Å². The molecule has 38 heavy (non-hydrogen) atoms. The van der Waals surface area contributed by atoms with E-state index in [0.717, 1.165) is 22.3 Å². The molecule has 3 aromatic heterocycles. The molecule has 192 valence electrons. The summed E-state index contributed by atoms with van der Waals surface area (Å²) in [5.41, 5.74) is 5.50. The molecule has 3 heterocycles. The Morgan fingerprint density at radius 1 is 0.974 bits per heavy atom. The average Bonchev–Trinajstić information content (AvgIpc) is 3.36. The van der Waals surface area contributed by atoms with Crippen LogP contribution in [0.3, 0.4) is 0 Å². The van der Waals surface area contributed by atoms with Crippen molar-refractivity contribution < 1.29 is 14.3 Å². The maximum atomic E-state index is 12.7. The number of benzene rings is 2. The van der Waals surface area contributed by atoms with Gasteiger partial charge < -0.3 is 20.1 Å². The lowest BCUT2D eigenvalue weighted by molar-refractivity contribution is 0.102. The van der Waals surface area contributed by atoms with Gasteiger partial charge >= 0.3 is 0 Å². The van der Waals surface area contributed by atoms with Crippen molar-refractivity contribution in [3.63, 3.8) is 0 Å². The average molecular weight is 509 g/mol. The number of carbonyl (C=O) groups excluding carboxylic acids is 1. The number of pyridine rings is 1. The molecule has 2 aromatic carbocycles. The minimum Gasteiger partial charge on any atom is -0.493 e. The monoisotopic (exact) mass is 508 g/mol. The Kier molecular flexibility index (Phi) is 6.90. The van der Waals surface area contributed by atoms with Gasteiger partial charge in [0.1, 0.15) is 11.3 Å². The minimum atomic E-state index is -0.203. The third-order valence-corrected chi connectivity index (χ3v) is 6.18. The normalized spacial score (nSPS) is 11.7. The van der Waals surface area contributed by atoms with E-state index in [4.69, 9.17) is 14.5 Å². The van der Waals surface area contributed by atoms with E-state index in [1.165, 1.54) is 0 Å². The van der Waals surface area contributed by atoms with Gasteiger partial charge in [-0.25, -0.2) is 9.97 Å². The summed E-state index contributed by atoms with van der Waals surface area (Å²) in [6.07, 6.45) is 6.92. The third kappa shape index (κ3) is 5.12. The lowest BCUT2D eigenvalue weighted by Gasteiger charge is -2.16. The highest BCUT2D eigenvalue weighted by Gasteiger charge is 2.13. The molecule has 0 fully saturated rings. The maximum absolute atomic E-state index is 12.7. The topological polar surface area (TPSA) is 103 Å². The van der Waals surface area contributed by atoms with Crippen LogP contribution in [-0.4, -0.2) is 39.6 Å². The molecule has 9 nitrogen and oxygen atoms in total. The van der Waals surface area contributed by atoms with Gasteiger partial charge in [-0.3, -0.25) is 14.3 Å². The van der Waals surface area contributed by atoms with Crippen molar-refractivity contribution in [1.82, 2.24) is 19.5 Å². The van der Waals surface area contributed by atoms with Gasteiger partial charge in [-0.1, -0.05) is 12.1 Å². The zero-order valence-corrected chi connectivity index (χ0v) is 21.6. The number of aromatic nitrogens is 4. The summed E-state index contributed by atoms with van der Waals surface area (Å²) < 4.78 is 12.8. The smallest absolute Gasteiger partial charge is 0.257 e. The Morgan fingerprint density at radius 3 is 2.61 bits per heavy atom. The summed E-state index contributed by atoms with van der Waals surface area (Å²) in [4.78, 5) is 26.2. The van der Waals surface area contributed by atoms with Crippen LogP contribution in [0.5, 0.6) is 11.5 Å². The fourth-order valence-electron chi connectivity index (χ4n) is 4.23. The number of nitrogens with zero attached hydrogens (tertiary/aromatic N) is 4. The summed E-state index contributed by atoms with van der Waals surface area (Å²) in [6, 6.07) is 17.0. The van der Waals surface area contributed by atoms with Gasteiger partial charge in [-0.2, -0.15) is 0 Å². The largest absolute Gasteiger partial charge is 0.493 e. The summed E-state index contributed by atoms with van der Waals surface area (Å²) in [5, 5.41) is 6.38. The van der Waals surface area contributed by atoms with Crippen molar-refractivity contribution in [2.24, 2.45) is 0 Å². The molecule has 0 aliphatic rings. The second-order valence-corrected chi connectivity index (χ2v) is 8.89. The van der Waals surface area contributed by atoms with Crippen molar-refractivity contribution in [1.29, 1.82) is 0 Å². The Bertz CT molecular complexity index is 1610. The first-order valence-corrected chi connectivity index (χ1v) is 12.1. The number of rotatable bonds is 8. The molecule has 0 bridgehead atoms. The number of fused-ring (bicyclic) bond motifs is 1. The minimum absolute atomic E-state index is 0.0938. The molecular weight excluding hydrogens is 480 g/mol. The van der Waals surface area contributed by atoms with Crippen LogP contribution >= 0.6 is 0 Å². The Hall–Kier alpha value is -4.92. The van der Waals surface area contributed by atoms with Crippen LogP contribution in [-0.2, 0) is 0 Å². The van der Waals surface area contributed by atoms with E-state index in [9.17, 15) is 4.79 Å². The highest BCUT2D eigenvalue weighted by molar-refractivity contribution is 6.04. The van der Waals surface area contributed by atoms with Crippen LogP contribution in [0.1, 0.15) is 34.5 Å². The molecule has 9 heteroatoms. The van der Waals surface area contributed by atoms with Gasteiger partial charge in [0, 0.05) is 30.3 Å². The predicted molar refractivity (Wildman–Crippen MR) is 147 cm³/mol. The van der Waals surface area contributed by atoms with E-state index in [0.29, 0.717) is 34.2 Å². The van der Waals surface area contributed by atoms with Crippen molar-refractivity contribution in [2.45, 2.75) is 19.9 Å². The van der Waals surface area contributed by atoms with Crippen molar-refractivity contribution in [3.8, 4) is 17.2 Å². The molecule has 0 aliphatic carbocycles. The predicted octanol–water partition coefficient (Wildman–Crippen LogP) is 5.57. The van der Waals surface area contributed by atoms with Crippen LogP contribution in [0.2, 0.25) is 0 Å². The second-order valence-electron chi connectivity index (χ2n) is 8.89. The Balaban J connectivity index is 1.36. The van der Waals surface area contributed by atoms with E-state index in [-0.39, 0.29) is 11.9 Å². The number of hydrogen-bond acceptors (Lipinski definition) is 7. The molecule has 0 unspecified atom stereocenters. The summed E-state index contributed by atoms with van der Waals surface area (Å²) in [6.45, 7) is 3.94. The first-order valence-electron chi connectivity index (χ1n) is 12.1. The molecule has 0 spiro atoms. The SMILES string of the molecule is COc1ccc(-n2ccc3ncc(N[C@@H](C)c4cccc(NC(=O)c5cncc(C)c5)c4)nc32)cc1OC. The highest BCUT2D eigenvalue weighted by atomic mass is 16.5. The number of methoxy groups -OCH3 is 2. The number of nitrogens with one attached hydrogen (secondary N) is 2. The number of amides is 1. The van der Waals surface area contributed by atoms with Crippen molar-refractivity contribution in [3.05, 3.63) is 96.1 Å². The van der Waals surface area contributed by atoms with E-state index >= 15 is 0 Å². The van der Waals surface area contributed by atoms with E-state index < -0.39 is 0 Å². The second kappa shape index (κ2) is 10.6. The zero-order chi connectivity index (χ0) is 26.6. The molecule has 0 saturated heterocycles. The fourth-order valence-corrected chi connectivity index (χ4v) is 4.23. The summed E-state index contributed by atoms with van der Waals surface area (Å²) in [7, 11) is 3.22. The van der Waals surface area contributed by atoms with Crippen LogP contribution in [0.4, 0.5) is 11.5 Å². The van der Waals surface area contributed by atoms with Gasteiger partial charge in [0.25, 0.3) is 5.91 Å². The standard InChI is InChI=1S/C29H28N6O3/c1-18-12-21(16-30-15-18)29(36)33-22-7-5-6-20(13-22)19(2)32-27-17-31-24-10-11-35(28(24)34-27)23-8-9-25(37-3)26(14-23)38-4/h5-17,19H,1-4H3,(H,32,34)(H,33,36)/t19-/m0/s1. The molecule has 5 aromatic rings. The summed E-state index contributed by atoms with van der Waals surface area (Å²) in [5.74, 6) is 1.72. The van der Waals surface area contributed by atoms with E-state index in [1.807, 2.05) is 79.2 Å². The van der Waals surface area contributed by atoms with Gasteiger partial charge in [0.05, 0.1) is 37.7 Å². The third-order valence-electron chi connectivity index (χ3n) is 6.18. The molecule has 1 amide bonds. The van der Waals surface area contributed by atoms with Crippen LogP contribution in [0.25, 0.3) is 16.9 Å². The fraction of sp³-hybridized carbons (Fsp3) is 0.172. The molecule has 0 aliphatic heterocycles. The first kappa shape index (κ1) is 24.8. The van der Waals surface area contributed by atoms with Crippen molar-refractivity contribution >= 4 is 28.6 Å². The number of carbonyl (C=O) groups is 1. The number of hydrogen-bond donors (Lipinski definition) is 2. The van der Waals surface area contributed by atoms with E-state index in [2.05, 4.69) is 20.6 Å². The van der Waals surface area contributed by atoms with Gasteiger partial charge in [-0.15, -0.1) is 0 Å². The van der Waals surface area contributed by atoms with Crippen molar-refractivity contribution in [2.75, 3.05) is 24.9 Å². The number of ether oxygens (including phenoxy) is 2. The Morgan fingerprint density at radius 2 is 1.82 bits per heavy atom. The van der Waals surface area contributed by atoms with E-state index in [1.54, 1.807) is 32.8 Å². The summed E-state index contributed by atoms with van der Waals surface area (Å²) >= 11 is 0. The number of anilines is 2. The first-order chi connectivity index (χ1) is 18.4. The van der Waals surface area contributed by atoms with Crippen LogP contribution in [0.15, 0.2) is 79.4 Å². The lowest BCUT2D eigenvalue weighted by atomic mass is 10.1. The van der Waals surface area contributed by atoms with Crippen LogP contribution in [0, 0.1) is 6.92 Å². The maximum Gasteiger partial charge on any atom is 0.257 e. The molecular formula is C29H28N6O3. The molecule has 0 saturated carbocycles. The van der Waals surface area contributed by atoms with Gasteiger partial charge in [0.15, 0.2) is 17.1 Å². The molecule has 1 atom stereocenters. The molecule has 2 N–H and O–H groups in total. The molecule has 0 radical (unpaired) electrons. The van der Waals surface area contributed by atoms with Gasteiger partial charge in [-0.05, 0) is 61.4 Å². The van der Waals surface area contributed by atoms with Crippen LogP contribution < -0.4 is 20.1 Å². The lowest BCUT2D eigenvalue weighted by Crippen LogP contribution is -2.13. The highest BCUT2D eigenvalue weighted by Crippen LogP contribution is 2.31. The molecule has 5 rings (SSSR count). The zero-order valence-electron chi connectivity index (χ0n) is 21.6. The quantitative estimate of drug-likeness (QED) is 0.283.